The van der Waals surface area contributed by atoms with Crippen LogP contribution in [0.3, 0.4) is 0 Å². The van der Waals surface area contributed by atoms with Gasteiger partial charge in [0.25, 0.3) is 0 Å². The molecule has 4 heteroatoms. The Morgan fingerprint density at radius 2 is 2.10 bits per heavy atom. The lowest BCUT2D eigenvalue weighted by Gasteiger charge is -2.26. The molecular formula is C17H28O4. The topological polar surface area (TPSA) is 63.6 Å². The highest BCUT2D eigenvalue weighted by atomic mass is 16.6. The molecule has 120 valence electrons. The van der Waals surface area contributed by atoms with Crippen molar-refractivity contribution >= 4 is 11.9 Å². The van der Waals surface area contributed by atoms with E-state index in [1.54, 1.807) is 0 Å². The van der Waals surface area contributed by atoms with Gasteiger partial charge in [-0.1, -0.05) is 26.8 Å². The predicted octanol–water partition coefficient (Wildman–Crippen LogP) is 3.80. The molecule has 1 rings (SSSR count). The number of aliphatic carboxylic acids is 1. The summed E-state index contributed by atoms with van der Waals surface area (Å²) in [6.45, 7) is 11.1. The zero-order valence-electron chi connectivity index (χ0n) is 13.6. The number of ether oxygens (including phenoxy) is 1. The number of carbonyl (C=O) groups is 2. The number of unbranched alkanes of at least 4 members (excludes halogenated alkanes) is 1. The van der Waals surface area contributed by atoms with Gasteiger partial charge in [-0.15, -0.1) is 6.58 Å². The van der Waals surface area contributed by atoms with Gasteiger partial charge in [-0.25, -0.2) is 0 Å². The van der Waals surface area contributed by atoms with Crippen molar-refractivity contribution in [2.24, 2.45) is 17.3 Å². The molecule has 0 heterocycles. The largest absolute Gasteiger partial charge is 0.481 e. The molecular weight excluding hydrogens is 268 g/mol. The molecule has 0 bridgehead atoms. The molecule has 3 atom stereocenters. The Balaban J connectivity index is 2.47. The van der Waals surface area contributed by atoms with E-state index >= 15 is 0 Å². The van der Waals surface area contributed by atoms with Crippen LogP contribution in [-0.4, -0.2) is 22.6 Å². The van der Waals surface area contributed by atoms with Crippen LogP contribution in [0.15, 0.2) is 12.7 Å². The standard InChI is InChI=1S/C17H28O4/c1-6-7-8-9-12-11-17(12,5)21-14(18)10-13(15(19)20)16(2,3)4/h6,12-13H,1,7-11H2,2-5H3,(H,19,20)/t12-,13-,17-/m1/s1. The predicted molar refractivity (Wildman–Crippen MR) is 81.8 cm³/mol. The van der Waals surface area contributed by atoms with Crippen LogP contribution in [0.4, 0.5) is 0 Å². The Labute approximate surface area is 127 Å². The van der Waals surface area contributed by atoms with E-state index in [4.69, 9.17) is 4.74 Å². The molecule has 1 aliphatic carbocycles. The van der Waals surface area contributed by atoms with E-state index < -0.39 is 23.3 Å². The summed E-state index contributed by atoms with van der Waals surface area (Å²) < 4.78 is 5.54. The Morgan fingerprint density at radius 3 is 2.57 bits per heavy atom. The third-order valence-corrected chi connectivity index (χ3v) is 4.38. The maximum atomic E-state index is 12.0. The van der Waals surface area contributed by atoms with Gasteiger partial charge >= 0.3 is 11.9 Å². The Morgan fingerprint density at radius 1 is 1.48 bits per heavy atom. The van der Waals surface area contributed by atoms with Crippen LogP contribution in [0.25, 0.3) is 0 Å². The second-order valence-corrected chi connectivity index (χ2v) is 7.37. The van der Waals surface area contributed by atoms with Gasteiger partial charge in [-0.3, -0.25) is 9.59 Å². The van der Waals surface area contributed by atoms with Gasteiger partial charge in [0.1, 0.15) is 5.60 Å². The average Bonchev–Trinajstić information content (AvgIpc) is 2.95. The number of allylic oxidation sites excluding steroid dienone is 1. The van der Waals surface area contributed by atoms with Crippen LogP contribution in [-0.2, 0) is 14.3 Å². The molecule has 1 aliphatic rings. The minimum Gasteiger partial charge on any atom is -0.481 e. The van der Waals surface area contributed by atoms with Gasteiger partial charge in [0.2, 0.25) is 0 Å². The van der Waals surface area contributed by atoms with E-state index in [9.17, 15) is 14.7 Å². The van der Waals surface area contributed by atoms with Gasteiger partial charge in [-0.2, -0.15) is 0 Å². The quantitative estimate of drug-likeness (QED) is 0.420. The molecule has 0 aliphatic heterocycles. The fourth-order valence-electron chi connectivity index (χ4n) is 2.70. The van der Waals surface area contributed by atoms with Gasteiger partial charge in [0.15, 0.2) is 0 Å². The van der Waals surface area contributed by atoms with Crippen LogP contribution >= 0.6 is 0 Å². The second-order valence-electron chi connectivity index (χ2n) is 7.37. The fourth-order valence-corrected chi connectivity index (χ4v) is 2.70. The first-order valence-corrected chi connectivity index (χ1v) is 7.65. The molecule has 0 saturated heterocycles. The van der Waals surface area contributed by atoms with E-state index in [1.165, 1.54) is 0 Å². The Kier molecular flexibility index (Phi) is 5.60. The number of hydrogen-bond acceptors (Lipinski definition) is 3. The van der Waals surface area contributed by atoms with Crippen molar-refractivity contribution in [3.05, 3.63) is 12.7 Å². The molecule has 4 nitrogen and oxygen atoms in total. The smallest absolute Gasteiger partial charge is 0.307 e. The molecule has 21 heavy (non-hydrogen) atoms. The van der Waals surface area contributed by atoms with Crippen molar-refractivity contribution in [3.8, 4) is 0 Å². The van der Waals surface area contributed by atoms with E-state index in [1.807, 2.05) is 33.8 Å². The number of rotatable bonds is 8. The van der Waals surface area contributed by atoms with E-state index in [0.717, 1.165) is 25.7 Å². The number of carboxylic acid groups (broad SMARTS) is 1. The lowest BCUT2D eigenvalue weighted by molar-refractivity contribution is -0.159. The zero-order valence-corrected chi connectivity index (χ0v) is 13.6. The minimum atomic E-state index is -0.942. The number of hydrogen-bond donors (Lipinski definition) is 1. The summed E-state index contributed by atoms with van der Waals surface area (Å²) in [6.07, 6.45) is 5.77. The lowest BCUT2D eigenvalue weighted by Crippen LogP contribution is -2.32. The first-order valence-electron chi connectivity index (χ1n) is 7.65. The molecule has 1 saturated carbocycles. The van der Waals surface area contributed by atoms with E-state index in [-0.39, 0.29) is 12.0 Å². The van der Waals surface area contributed by atoms with Crippen molar-refractivity contribution in [2.75, 3.05) is 0 Å². The number of carbonyl (C=O) groups excluding carboxylic acids is 1. The fraction of sp³-hybridized carbons (Fsp3) is 0.765. The number of esters is 1. The monoisotopic (exact) mass is 296 g/mol. The number of carboxylic acids is 1. The van der Waals surface area contributed by atoms with Crippen LogP contribution in [0, 0.1) is 17.3 Å². The second kappa shape index (κ2) is 6.63. The third-order valence-electron chi connectivity index (χ3n) is 4.38. The molecule has 0 spiro atoms. The van der Waals surface area contributed by atoms with Crippen LogP contribution in [0.1, 0.15) is 59.8 Å². The molecule has 0 amide bonds. The highest BCUT2D eigenvalue weighted by molar-refractivity contribution is 5.79. The summed E-state index contributed by atoms with van der Waals surface area (Å²) in [4.78, 5) is 23.3. The first kappa shape index (κ1) is 17.7. The molecule has 0 radical (unpaired) electrons. The summed E-state index contributed by atoms with van der Waals surface area (Å²) in [6, 6.07) is 0. The van der Waals surface area contributed by atoms with Gasteiger partial charge < -0.3 is 9.84 Å². The maximum Gasteiger partial charge on any atom is 0.307 e. The summed E-state index contributed by atoms with van der Waals surface area (Å²) in [7, 11) is 0. The van der Waals surface area contributed by atoms with Crippen molar-refractivity contribution < 1.29 is 19.4 Å². The highest BCUT2D eigenvalue weighted by Crippen LogP contribution is 2.50. The molecule has 0 unspecified atom stereocenters. The highest BCUT2D eigenvalue weighted by Gasteiger charge is 2.53. The summed E-state index contributed by atoms with van der Waals surface area (Å²) in [5, 5.41) is 9.25. The minimum absolute atomic E-state index is 0.0617. The van der Waals surface area contributed by atoms with E-state index in [2.05, 4.69) is 6.58 Å². The molecule has 1 fully saturated rings. The summed E-state index contributed by atoms with van der Waals surface area (Å²) in [5.74, 6) is -1.65. The first-order chi connectivity index (χ1) is 9.60. The van der Waals surface area contributed by atoms with Crippen molar-refractivity contribution in [2.45, 2.75) is 65.4 Å². The van der Waals surface area contributed by atoms with Gasteiger partial charge in [0, 0.05) is 5.92 Å². The van der Waals surface area contributed by atoms with Crippen LogP contribution in [0.5, 0.6) is 0 Å². The SMILES string of the molecule is C=CCCC[C@@H]1C[C@@]1(C)OC(=O)C[C@H](C(=O)O)C(C)(C)C. The molecule has 1 N–H and O–H groups in total. The van der Waals surface area contributed by atoms with Crippen LogP contribution in [0.2, 0.25) is 0 Å². The van der Waals surface area contributed by atoms with Crippen molar-refractivity contribution in [1.82, 2.24) is 0 Å². The normalized spacial score (nSPS) is 26.0. The molecule has 0 aromatic rings. The van der Waals surface area contributed by atoms with Gasteiger partial charge in [0.05, 0.1) is 12.3 Å². The van der Waals surface area contributed by atoms with Crippen molar-refractivity contribution in [3.63, 3.8) is 0 Å². The van der Waals surface area contributed by atoms with Crippen LogP contribution < -0.4 is 0 Å². The molecule has 0 aromatic carbocycles. The zero-order chi connectivity index (χ0) is 16.3. The Bertz CT molecular complexity index is 408. The molecule has 0 aromatic heterocycles. The Hall–Kier alpha value is -1.32. The summed E-state index contributed by atoms with van der Waals surface area (Å²) >= 11 is 0. The van der Waals surface area contributed by atoms with Crippen molar-refractivity contribution in [1.29, 1.82) is 0 Å². The van der Waals surface area contributed by atoms with E-state index in [0.29, 0.717) is 5.92 Å². The third kappa shape index (κ3) is 5.18. The maximum absolute atomic E-state index is 12.0. The summed E-state index contributed by atoms with van der Waals surface area (Å²) in [5.41, 5.74) is -0.849. The lowest BCUT2D eigenvalue weighted by atomic mass is 9.79. The van der Waals surface area contributed by atoms with Gasteiger partial charge in [-0.05, 0) is 38.0 Å². The average molecular weight is 296 g/mol.